The number of halogens is 1. The predicted octanol–water partition coefficient (Wildman–Crippen LogP) is 3.69. The molecule has 2 N–H and O–H groups in total. The predicted molar refractivity (Wildman–Crippen MR) is 147 cm³/mol. The van der Waals surface area contributed by atoms with E-state index in [2.05, 4.69) is 37.6 Å². The van der Waals surface area contributed by atoms with Gasteiger partial charge < -0.3 is 20.4 Å². The maximum absolute atomic E-state index is 12.1. The molecule has 8 heteroatoms. The van der Waals surface area contributed by atoms with Crippen LogP contribution in [0.15, 0.2) is 47.6 Å². The van der Waals surface area contributed by atoms with Crippen molar-refractivity contribution in [3.8, 4) is 0 Å². The molecule has 0 atom stereocenters. The maximum atomic E-state index is 12.1. The van der Waals surface area contributed by atoms with Crippen LogP contribution in [0.4, 0.5) is 5.82 Å². The zero-order valence-corrected chi connectivity index (χ0v) is 22.3. The van der Waals surface area contributed by atoms with Crippen LogP contribution in [-0.2, 0) is 13.0 Å². The summed E-state index contributed by atoms with van der Waals surface area (Å²) in [5.74, 6) is 1.85. The van der Waals surface area contributed by atoms with Crippen LogP contribution in [0.1, 0.15) is 47.2 Å². The number of aromatic nitrogens is 1. The lowest BCUT2D eigenvalue weighted by atomic mass is 10.1. The highest BCUT2D eigenvalue weighted by atomic mass is 127. The molecule has 0 unspecified atom stereocenters. The third-order valence-electron chi connectivity index (χ3n) is 5.71. The van der Waals surface area contributed by atoms with Gasteiger partial charge in [-0.15, -0.1) is 24.0 Å². The van der Waals surface area contributed by atoms with Crippen molar-refractivity contribution in [1.82, 2.24) is 20.5 Å². The molecule has 1 aromatic heterocycles. The van der Waals surface area contributed by atoms with Crippen LogP contribution in [0.25, 0.3) is 0 Å². The minimum Gasteiger partial charge on any atom is -0.357 e. The van der Waals surface area contributed by atoms with Crippen molar-refractivity contribution in [3.05, 3.63) is 59.3 Å². The molecule has 180 valence electrons. The topological polar surface area (TPSA) is 72.9 Å². The number of aliphatic imine (C=N–C) groups is 1. The Labute approximate surface area is 215 Å². The molecule has 3 rings (SSSR count). The van der Waals surface area contributed by atoms with Gasteiger partial charge in [-0.25, -0.2) is 4.98 Å². The third-order valence-corrected chi connectivity index (χ3v) is 5.71. The summed E-state index contributed by atoms with van der Waals surface area (Å²) in [4.78, 5) is 25.1. The fourth-order valence-electron chi connectivity index (χ4n) is 3.86. The number of nitrogens with zero attached hydrogens (tertiary/aromatic N) is 4. The lowest BCUT2D eigenvalue weighted by Gasteiger charge is -2.21. The summed E-state index contributed by atoms with van der Waals surface area (Å²) in [5.41, 5.74) is 2.96. The van der Waals surface area contributed by atoms with E-state index in [0.29, 0.717) is 12.1 Å². The van der Waals surface area contributed by atoms with Crippen molar-refractivity contribution in [2.24, 2.45) is 4.99 Å². The summed E-state index contributed by atoms with van der Waals surface area (Å²) in [6, 6.07) is 12.0. The summed E-state index contributed by atoms with van der Waals surface area (Å²) >= 11 is 0. The largest absolute Gasteiger partial charge is 0.357 e. The van der Waals surface area contributed by atoms with E-state index in [4.69, 9.17) is 0 Å². The molecule has 1 amide bonds. The summed E-state index contributed by atoms with van der Waals surface area (Å²) < 4.78 is 0. The molecule has 2 aromatic rings. The van der Waals surface area contributed by atoms with E-state index in [1.807, 2.05) is 30.5 Å². The van der Waals surface area contributed by atoms with Crippen LogP contribution in [0, 0.1) is 0 Å². The highest BCUT2D eigenvalue weighted by Gasteiger charge is 2.11. The lowest BCUT2D eigenvalue weighted by Crippen LogP contribution is -2.37. The Morgan fingerprint density at radius 2 is 1.82 bits per heavy atom. The first-order valence-electron chi connectivity index (χ1n) is 11.5. The molecule has 7 nitrogen and oxygen atoms in total. The number of carbonyl (C=O) groups is 1. The van der Waals surface area contributed by atoms with Crippen LogP contribution in [0.5, 0.6) is 0 Å². The molecule has 0 aliphatic carbocycles. The molecule has 2 heterocycles. The second-order valence-corrected chi connectivity index (χ2v) is 8.43. The minimum absolute atomic E-state index is 0. The Hall–Kier alpha value is -2.36. The van der Waals surface area contributed by atoms with Gasteiger partial charge in [-0.05, 0) is 48.6 Å². The molecule has 0 bridgehead atoms. The Morgan fingerprint density at radius 1 is 1.06 bits per heavy atom. The van der Waals surface area contributed by atoms with Crippen molar-refractivity contribution in [2.45, 2.75) is 38.6 Å². The first-order chi connectivity index (χ1) is 15.6. The third kappa shape index (κ3) is 8.49. The first kappa shape index (κ1) is 26.9. The van der Waals surface area contributed by atoms with Gasteiger partial charge in [-0.3, -0.25) is 9.79 Å². The van der Waals surface area contributed by atoms with Gasteiger partial charge in [0.05, 0.1) is 0 Å². The number of pyridine rings is 1. The van der Waals surface area contributed by atoms with E-state index in [1.165, 1.54) is 25.7 Å². The van der Waals surface area contributed by atoms with Crippen LogP contribution in [0.3, 0.4) is 0 Å². The number of hydrogen-bond acceptors (Lipinski definition) is 4. The molecule has 1 aliphatic heterocycles. The number of anilines is 1. The number of nitrogens with one attached hydrogen (secondary N) is 2. The van der Waals surface area contributed by atoms with Crippen molar-refractivity contribution < 1.29 is 4.79 Å². The monoisotopic (exact) mass is 564 g/mol. The maximum Gasteiger partial charge on any atom is 0.253 e. The van der Waals surface area contributed by atoms with Crippen molar-refractivity contribution in [1.29, 1.82) is 0 Å². The Morgan fingerprint density at radius 3 is 2.45 bits per heavy atom. The lowest BCUT2D eigenvalue weighted by molar-refractivity contribution is 0.0827. The molecule has 0 saturated carbocycles. The number of rotatable bonds is 7. The zero-order chi connectivity index (χ0) is 22.8. The van der Waals surface area contributed by atoms with Crippen molar-refractivity contribution >= 4 is 41.7 Å². The Kier molecular flexibility index (Phi) is 11.4. The summed E-state index contributed by atoms with van der Waals surface area (Å²) in [7, 11) is 5.31. The Balaban J connectivity index is 0.00000385. The normalized spacial score (nSPS) is 14.2. The SMILES string of the molecule is CN=C(NCCc1cccc(C(=O)N(C)C)c1)NCc1ccc(N2CCCCCC2)nc1.I. The average molecular weight is 565 g/mol. The molecule has 1 fully saturated rings. The van der Waals surface area contributed by atoms with Crippen LogP contribution in [0.2, 0.25) is 0 Å². The molecule has 1 aliphatic rings. The number of guanidine groups is 1. The van der Waals surface area contributed by atoms with E-state index < -0.39 is 0 Å². The molecular formula is C25H37IN6O. The van der Waals surface area contributed by atoms with Gasteiger partial charge in [0.25, 0.3) is 5.91 Å². The molecular weight excluding hydrogens is 527 g/mol. The molecule has 33 heavy (non-hydrogen) atoms. The Bertz CT molecular complexity index is 892. The highest BCUT2D eigenvalue weighted by molar-refractivity contribution is 14.0. The molecule has 1 saturated heterocycles. The summed E-state index contributed by atoms with van der Waals surface area (Å²) in [6.45, 7) is 3.60. The van der Waals surface area contributed by atoms with Gasteiger partial charge in [0, 0.05) is 59.1 Å². The van der Waals surface area contributed by atoms with Gasteiger partial charge >= 0.3 is 0 Å². The highest BCUT2D eigenvalue weighted by Crippen LogP contribution is 2.17. The van der Waals surface area contributed by atoms with Crippen molar-refractivity contribution in [3.63, 3.8) is 0 Å². The van der Waals surface area contributed by atoms with Gasteiger partial charge in [0.1, 0.15) is 5.82 Å². The second-order valence-electron chi connectivity index (χ2n) is 8.43. The number of amides is 1. The fourth-order valence-corrected chi connectivity index (χ4v) is 3.86. The smallest absolute Gasteiger partial charge is 0.253 e. The second kappa shape index (κ2) is 14.0. The van der Waals surface area contributed by atoms with E-state index >= 15 is 0 Å². The van der Waals surface area contributed by atoms with E-state index in [9.17, 15) is 4.79 Å². The first-order valence-corrected chi connectivity index (χ1v) is 11.5. The van der Waals surface area contributed by atoms with Crippen LogP contribution >= 0.6 is 24.0 Å². The molecule has 1 aromatic carbocycles. The number of hydrogen-bond donors (Lipinski definition) is 2. The zero-order valence-electron chi connectivity index (χ0n) is 20.0. The molecule has 0 spiro atoms. The van der Waals surface area contributed by atoms with Gasteiger partial charge in [0.15, 0.2) is 5.96 Å². The number of benzene rings is 1. The summed E-state index contributed by atoms with van der Waals surface area (Å²) in [6.07, 6.45) is 7.91. The average Bonchev–Trinajstić information content (AvgIpc) is 3.11. The minimum atomic E-state index is 0. The standard InChI is InChI=1S/C25H36N6O.HI/c1-26-25(27-14-13-20-9-8-10-22(17-20)24(32)30(2)3)29-19-21-11-12-23(28-18-21)31-15-6-4-5-7-16-31;/h8-12,17-18H,4-7,13-16,19H2,1-3H3,(H2,26,27,29);1H. The quantitative estimate of drug-likeness (QED) is 0.305. The summed E-state index contributed by atoms with van der Waals surface area (Å²) in [5, 5.41) is 6.69. The van der Waals surface area contributed by atoms with Crippen LogP contribution in [-0.4, -0.2) is 62.5 Å². The van der Waals surface area contributed by atoms with Gasteiger partial charge in [0.2, 0.25) is 0 Å². The van der Waals surface area contributed by atoms with Gasteiger partial charge in [-0.1, -0.05) is 31.0 Å². The molecule has 0 radical (unpaired) electrons. The van der Waals surface area contributed by atoms with E-state index in [1.54, 1.807) is 26.0 Å². The fraction of sp³-hybridized carbons (Fsp3) is 0.480. The van der Waals surface area contributed by atoms with E-state index in [-0.39, 0.29) is 29.9 Å². The van der Waals surface area contributed by atoms with E-state index in [0.717, 1.165) is 49.0 Å². The van der Waals surface area contributed by atoms with Crippen LogP contribution < -0.4 is 15.5 Å². The van der Waals surface area contributed by atoms with Gasteiger partial charge in [-0.2, -0.15) is 0 Å². The van der Waals surface area contributed by atoms with Crippen molar-refractivity contribution in [2.75, 3.05) is 45.7 Å². The number of carbonyl (C=O) groups excluding carboxylic acids is 1.